The van der Waals surface area contributed by atoms with Crippen molar-refractivity contribution in [2.75, 3.05) is 6.54 Å². The molecule has 0 aliphatic carbocycles. The molecule has 11 heavy (non-hydrogen) atoms. The molecule has 1 saturated heterocycles. The first-order valence-corrected chi connectivity index (χ1v) is 4.62. The quantitative estimate of drug-likeness (QED) is 0.561. The first-order valence-electron chi connectivity index (χ1n) is 4.62. The summed E-state index contributed by atoms with van der Waals surface area (Å²) in [5, 5.41) is 0. The van der Waals surface area contributed by atoms with Crippen LogP contribution in [-0.4, -0.2) is 17.0 Å². The van der Waals surface area contributed by atoms with E-state index in [1.165, 1.54) is 31.8 Å². The summed E-state index contributed by atoms with van der Waals surface area (Å²) in [5.41, 5.74) is 0.414. The van der Waals surface area contributed by atoms with E-state index in [1.54, 1.807) is 0 Å². The summed E-state index contributed by atoms with van der Waals surface area (Å²) in [6.45, 7) is 10.4. The molecule has 0 aromatic rings. The maximum atomic E-state index is 2.54. The van der Waals surface area contributed by atoms with Gasteiger partial charge in [-0.25, -0.2) is 0 Å². The van der Waals surface area contributed by atoms with Gasteiger partial charge in [-0.3, -0.25) is 4.90 Å². The fourth-order valence-electron chi connectivity index (χ4n) is 2.09. The Morgan fingerprint density at radius 1 is 1.18 bits per heavy atom. The van der Waals surface area contributed by atoms with Crippen molar-refractivity contribution in [1.82, 2.24) is 4.90 Å². The topological polar surface area (TPSA) is 3.24 Å². The van der Waals surface area contributed by atoms with Crippen molar-refractivity contribution < 1.29 is 0 Å². The van der Waals surface area contributed by atoms with E-state index in [0.717, 1.165) is 0 Å². The second kappa shape index (κ2) is 3.14. The molecule has 0 atom stereocenters. The highest BCUT2D eigenvalue weighted by atomic mass is 15.2. The van der Waals surface area contributed by atoms with Crippen LogP contribution in [0.3, 0.4) is 0 Å². The molecule has 0 N–H and O–H groups in total. The second-order valence-electron chi connectivity index (χ2n) is 4.37. The molecule has 1 heteroatoms. The molecule has 65 valence electrons. The van der Waals surface area contributed by atoms with Crippen LogP contribution in [0.1, 0.15) is 47.0 Å². The lowest BCUT2D eigenvalue weighted by Gasteiger charge is -2.44. The Kier molecular flexibility index (Phi) is 2.58. The molecule has 0 spiro atoms. The van der Waals surface area contributed by atoms with E-state index in [-0.39, 0.29) is 0 Å². The summed E-state index contributed by atoms with van der Waals surface area (Å²) in [7, 11) is 0. The third-order valence-electron chi connectivity index (χ3n) is 2.69. The van der Waals surface area contributed by atoms with Crippen LogP contribution in [0.5, 0.6) is 0 Å². The Morgan fingerprint density at radius 2 is 1.82 bits per heavy atom. The van der Waals surface area contributed by atoms with Gasteiger partial charge < -0.3 is 0 Å². The van der Waals surface area contributed by atoms with Crippen LogP contribution < -0.4 is 0 Å². The standard InChI is InChI=1S/C10H20N/c1-9(2)11-8-6-5-7-10(11,3)4/h5-8H2,1-4H3. The van der Waals surface area contributed by atoms with Crippen LogP contribution >= 0.6 is 0 Å². The fraction of sp³-hybridized carbons (Fsp3) is 0.900. The molecule has 1 heterocycles. The average Bonchev–Trinajstić information content (AvgIpc) is 1.85. The second-order valence-corrected chi connectivity index (χ2v) is 4.37. The number of likely N-dealkylation sites (tertiary alicyclic amines) is 1. The van der Waals surface area contributed by atoms with E-state index in [1.807, 2.05) is 0 Å². The maximum absolute atomic E-state index is 2.54. The third kappa shape index (κ3) is 1.96. The van der Waals surface area contributed by atoms with Crippen molar-refractivity contribution in [3.8, 4) is 0 Å². The summed E-state index contributed by atoms with van der Waals surface area (Å²) in [6.07, 6.45) is 4.11. The molecule has 0 aromatic carbocycles. The molecular weight excluding hydrogens is 134 g/mol. The van der Waals surface area contributed by atoms with Crippen LogP contribution in [0.15, 0.2) is 0 Å². The molecule has 0 bridgehead atoms. The minimum Gasteiger partial charge on any atom is -0.291 e. The maximum Gasteiger partial charge on any atom is 0.0337 e. The van der Waals surface area contributed by atoms with Crippen molar-refractivity contribution in [2.24, 2.45) is 0 Å². The molecule has 1 aliphatic rings. The normalized spacial score (nSPS) is 25.9. The fourth-order valence-corrected chi connectivity index (χ4v) is 2.09. The molecule has 1 fully saturated rings. The molecule has 0 aromatic heterocycles. The number of hydrogen-bond acceptors (Lipinski definition) is 1. The summed E-state index contributed by atoms with van der Waals surface area (Å²) in [5.74, 6) is 0. The summed E-state index contributed by atoms with van der Waals surface area (Å²) in [6, 6.07) is 1.47. The summed E-state index contributed by atoms with van der Waals surface area (Å²) >= 11 is 0. The van der Waals surface area contributed by atoms with E-state index in [2.05, 4.69) is 32.6 Å². The number of nitrogens with zero attached hydrogens (tertiary/aromatic N) is 1. The summed E-state index contributed by atoms with van der Waals surface area (Å²) in [4.78, 5) is 2.54. The van der Waals surface area contributed by atoms with E-state index >= 15 is 0 Å². The Bertz CT molecular complexity index is 127. The molecule has 1 radical (unpaired) electrons. The molecule has 1 rings (SSSR count). The average molecular weight is 154 g/mol. The highest BCUT2D eigenvalue weighted by molar-refractivity contribution is 4.94. The van der Waals surface area contributed by atoms with Gasteiger partial charge in [0.25, 0.3) is 0 Å². The third-order valence-corrected chi connectivity index (χ3v) is 2.69. The lowest BCUT2D eigenvalue weighted by molar-refractivity contribution is 0.0886. The zero-order chi connectivity index (χ0) is 8.48. The van der Waals surface area contributed by atoms with Crippen LogP contribution in [0.4, 0.5) is 0 Å². The van der Waals surface area contributed by atoms with Gasteiger partial charge >= 0.3 is 0 Å². The van der Waals surface area contributed by atoms with Crippen molar-refractivity contribution in [1.29, 1.82) is 0 Å². The Morgan fingerprint density at radius 3 is 2.18 bits per heavy atom. The smallest absolute Gasteiger partial charge is 0.0337 e. The largest absolute Gasteiger partial charge is 0.291 e. The van der Waals surface area contributed by atoms with E-state index in [0.29, 0.717) is 5.54 Å². The summed E-state index contributed by atoms with van der Waals surface area (Å²) < 4.78 is 0. The lowest BCUT2D eigenvalue weighted by atomic mass is 9.89. The highest BCUT2D eigenvalue weighted by Gasteiger charge is 2.31. The van der Waals surface area contributed by atoms with E-state index < -0.39 is 0 Å². The molecule has 0 amide bonds. The number of rotatable bonds is 1. The number of piperidine rings is 1. The molecule has 0 unspecified atom stereocenters. The van der Waals surface area contributed by atoms with Crippen molar-refractivity contribution in [3.63, 3.8) is 0 Å². The van der Waals surface area contributed by atoms with Gasteiger partial charge in [0.05, 0.1) is 0 Å². The Balaban J connectivity index is 2.60. The van der Waals surface area contributed by atoms with Crippen molar-refractivity contribution >= 4 is 0 Å². The predicted molar refractivity (Wildman–Crippen MR) is 49.2 cm³/mol. The zero-order valence-corrected chi connectivity index (χ0v) is 8.28. The van der Waals surface area contributed by atoms with E-state index in [9.17, 15) is 0 Å². The first kappa shape index (κ1) is 9.05. The Labute approximate surface area is 70.8 Å². The van der Waals surface area contributed by atoms with E-state index in [4.69, 9.17) is 0 Å². The van der Waals surface area contributed by atoms with Gasteiger partial charge in [0.15, 0.2) is 0 Å². The molecule has 0 saturated carbocycles. The van der Waals surface area contributed by atoms with Crippen LogP contribution in [0.25, 0.3) is 0 Å². The Hall–Kier alpha value is -0.0400. The van der Waals surface area contributed by atoms with Crippen molar-refractivity contribution in [3.05, 3.63) is 6.04 Å². The monoisotopic (exact) mass is 154 g/mol. The molecule has 1 nitrogen and oxygen atoms in total. The van der Waals surface area contributed by atoms with Gasteiger partial charge in [-0.1, -0.05) is 6.42 Å². The van der Waals surface area contributed by atoms with Gasteiger partial charge in [0, 0.05) is 11.6 Å². The predicted octanol–water partition coefficient (Wildman–Crippen LogP) is 2.82. The van der Waals surface area contributed by atoms with Crippen LogP contribution in [0, 0.1) is 6.04 Å². The SMILES string of the molecule is C[C](C)N1CCCCC1(C)C. The van der Waals surface area contributed by atoms with Gasteiger partial charge in [-0.15, -0.1) is 0 Å². The highest BCUT2D eigenvalue weighted by Crippen LogP contribution is 2.30. The lowest BCUT2D eigenvalue weighted by Crippen LogP contribution is -2.47. The minimum absolute atomic E-state index is 0.414. The van der Waals surface area contributed by atoms with Crippen LogP contribution in [0.2, 0.25) is 0 Å². The van der Waals surface area contributed by atoms with Gasteiger partial charge in [0.2, 0.25) is 0 Å². The van der Waals surface area contributed by atoms with Crippen molar-refractivity contribution in [2.45, 2.75) is 52.5 Å². The van der Waals surface area contributed by atoms with Gasteiger partial charge in [-0.05, 0) is 47.1 Å². The number of hydrogen-bond donors (Lipinski definition) is 0. The van der Waals surface area contributed by atoms with Gasteiger partial charge in [0.1, 0.15) is 0 Å². The van der Waals surface area contributed by atoms with Crippen LogP contribution in [-0.2, 0) is 0 Å². The zero-order valence-electron chi connectivity index (χ0n) is 8.28. The first-order chi connectivity index (χ1) is 5.04. The molecular formula is C10H20N. The minimum atomic E-state index is 0.414. The molecule has 1 aliphatic heterocycles. The van der Waals surface area contributed by atoms with Gasteiger partial charge in [-0.2, -0.15) is 0 Å².